The molecule has 1 aliphatic rings. The topological polar surface area (TPSA) is 75.4 Å². The first-order valence-electron chi connectivity index (χ1n) is 7.25. The van der Waals surface area contributed by atoms with Gasteiger partial charge in [-0.25, -0.2) is 0 Å². The summed E-state index contributed by atoms with van der Waals surface area (Å²) in [4.78, 5) is 25.5. The van der Waals surface area contributed by atoms with Crippen LogP contribution in [0.4, 0.5) is 0 Å². The van der Waals surface area contributed by atoms with Gasteiger partial charge in [0.15, 0.2) is 0 Å². The lowest BCUT2D eigenvalue weighted by Gasteiger charge is -2.39. The van der Waals surface area contributed by atoms with E-state index in [2.05, 4.69) is 5.32 Å². The van der Waals surface area contributed by atoms with E-state index in [1.165, 1.54) is 6.92 Å². The van der Waals surface area contributed by atoms with E-state index in [0.29, 0.717) is 19.6 Å². The molecule has 1 heterocycles. The van der Waals surface area contributed by atoms with Gasteiger partial charge in [0.1, 0.15) is 0 Å². The highest BCUT2D eigenvalue weighted by molar-refractivity contribution is 5.83. The molecule has 1 saturated heterocycles. The Hall–Kier alpha value is -1.10. The highest BCUT2D eigenvalue weighted by Gasteiger charge is 2.38. The number of rotatable bonds is 5. The third kappa shape index (κ3) is 3.69. The van der Waals surface area contributed by atoms with Gasteiger partial charge in [0, 0.05) is 32.6 Å². The van der Waals surface area contributed by atoms with Crippen LogP contribution in [0.2, 0.25) is 0 Å². The Morgan fingerprint density at radius 2 is 1.79 bits per heavy atom. The van der Waals surface area contributed by atoms with Gasteiger partial charge >= 0.3 is 0 Å². The molecule has 1 rings (SSSR count). The average molecular weight is 269 g/mol. The number of nitrogens with two attached hydrogens (primary N) is 1. The quantitative estimate of drug-likeness (QED) is 0.778. The zero-order chi connectivity index (χ0) is 14.5. The van der Waals surface area contributed by atoms with Crippen molar-refractivity contribution in [3.05, 3.63) is 0 Å². The summed E-state index contributed by atoms with van der Waals surface area (Å²) in [6.45, 7) is 7.42. The highest BCUT2D eigenvalue weighted by Crippen LogP contribution is 2.29. The number of piperidine rings is 1. The molecule has 0 radical (unpaired) electrons. The maximum Gasteiger partial charge on any atom is 0.230 e. The molecule has 0 aromatic carbocycles. The fraction of sp³-hybridized carbons (Fsp3) is 0.857. The summed E-state index contributed by atoms with van der Waals surface area (Å²) in [5, 5.41) is 2.92. The van der Waals surface area contributed by atoms with Crippen LogP contribution in [-0.4, -0.2) is 42.4 Å². The summed E-state index contributed by atoms with van der Waals surface area (Å²) in [6, 6.07) is 0.206. The van der Waals surface area contributed by atoms with E-state index in [9.17, 15) is 9.59 Å². The average Bonchev–Trinajstić information content (AvgIpc) is 2.41. The number of carbonyl (C=O) groups is 2. The number of nitrogens with one attached hydrogen (secondary N) is 1. The molecule has 0 bridgehead atoms. The number of hydrogen-bond acceptors (Lipinski definition) is 3. The molecule has 1 aliphatic heterocycles. The predicted octanol–water partition coefficient (Wildman–Crippen LogP) is 0.879. The summed E-state index contributed by atoms with van der Waals surface area (Å²) in [6.07, 6.45) is 3.23. The number of carbonyl (C=O) groups excluding carboxylic acids is 2. The van der Waals surface area contributed by atoms with Crippen LogP contribution in [0.25, 0.3) is 0 Å². The van der Waals surface area contributed by atoms with Gasteiger partial charge in [-0.15, -0.1) is 0 Å². The van der Waals surface area contributed by atoms with Crippen molar-refractivity contribution >= 4 is 11.8 Å². The van der Waals surface area contributed by atoms with Crippen molar-refractivity contribution in [2.24, 2.45) is 11.1 Å². The Bertz CT molecular complexity index is 310. The molecule has 1 fully saturated rings. The molecule has 3 N–H and O–H groups in total. The molecule has 5 nitrogen and oxygen atoms in total. The lowest BCUT2D eigenvalue weighted by Crippen LogP contribution is -2.52. The minimum Gasteiger partial charge on any atom is -0.353 e. The summed E-state index contributed by atoms with van der Waals surface area (Å²) in [5.41, 5.74) is 5.42. The van der Waals surface area contributed by atoms with Crippen LogP contribution in [0.3, 0.4) is 0 Å². The number of hydrogen-bond donors (Lipinski definition) is 2. The van der Waals surface area contributed by atoms with Crippen LogP contribution in [-0.2, 0) is 9.59 Å². The Balaban J connectivity index is 2.59. The van der Waals surface area contributed by atoms with E-state index in [4.69, 9.17) is 5.73 Å². The summed E-state index contributed by atoms with van der Waals surface area (Å²) in [7, 11) is 0. The smallest absolute Gasteiger partial charge is 0.230 e. The summed E-state index contributed by atoms with van der Waals surface area (Å²) >= 11 is 0. The Morgan fingerprint density at radius 1 is 1.26 bits per heavy atom. The van der Waals surface area contributed by atoms with Crippen molar-refractivity contribution in [2.45, 2.75) is 52.5 Å². The van der Waals surface area contributed by atoms with Crippen molar-refractivity contribution < 1.29 is 9.59 Å². The van der Waals surface area contributed by atoms with Gasteiger partial charge in [-0.05, 0) is 25.7 Å². The minimum atomic E-state index is -0.402. The Kier molecular flexibility index (Phi) is 5.79. The van der Waals surface area contributed by atoms with Gasteiger partial charge in [0.2, 0.25) is 11.8 Å². The van der Waals surface area contributed by atoms with Crippen molar-refractivity contribution in [2.75, 3.05) is 19.6 Å². The molecule has 110 valence electrons. The molecule has 0 spiro atoms. The zero-order valence-electron chi connectivity index (χ0n) is 12.4. The first-order valence-corrected chi connectivity index (χ1v) is 7.25. The number of amides is 2. The third-order valence-corrected chi connectivity index (χ3v) is 4.39. The minimum absolute atomic E-state index is 0.00296. The molecule has 0 saturated carbocycles. The maximum absolute atomic E-state index is 12.6. The predicted molar refractivity (Wildman–Crippen MR) is 75.5 cm³/mol. The van der Waals surface area contributed by atoms with Crippen molar-refractivity contribution in [3.8, 4) is 0 Å². The lowest BCUT2D eigenvalue weighted by molar-refractivity contribution is -0.143. The van der Waals surface area contributed by atoms with Crippen LogP contribution in [0.5, 0.6) is 0 Å². The van der Waals surface area contributed by atoms with E-state index in [0.717, 1.165) is 25.7 Å². The van der Waals surface area contributed by atoms with Crippen molar-refractivity contribution in [1.82, 2.24) is 10.2 Å². The normalized spacial score (nSPS) is 17.4. The molecule has 19 heavy (non-hydrogen) atoms. The van der Waals surface area contributed by atoms with E-state index in [1.54, 1.807) is 0 Å². The van der Waals surface area contributed by atoms with E-state index in [-0.39, 0.29) is 17.9 Å². The van der Waals surface area contributed by atoms with E-state index >= 15 is 0 Å². The molecule has 0 aromatic heterocycles. The highest BCUT2D eigenvalue weighted by atomic mass is 16.2. The maximum atomic E-state index is 12.6. The molecular formula is C14H27N3O2. The third-order valence-electron chi connectivity index (χ3n) is 4.39. The second kappa shape index (κ2) is 6.89. The standard InChI is InChI=1S/C14H27N3O2/c1-4-14(5-2,10-15)13(19)17-8-6-12(7-9-17)16-11(3)18/h12H,4-10,15H2,1-3H3,(H,16,18). The Labute approximate surface area is 115 Å². The first-order chi connectivity index (χ1) is 8.99. The molecular weight excluding hydrogens is 242 g/mol. The van der Waals surface area contributed by atoms with E-state index < -0.39 is 5.41 Å². The van der Waals surface area contributed by atoms with Gasteiger partial charge in [-0.3, -0.25) is 9.59 Å². The van der Waals surface area contributed by atoms with Crippen molar-refractivity contribution in [3.63, 3.8) is 0 Å². The SMILES string of the molecule is CCC(CC)(CN)C(=O)N1CCC(NC(C)=O)CC1. The molecule has 5 heteroatoms. The van der Waals surface area contributed by atoms with Crippen LogP contribution in [0.15, 0.2) is 0 Å². The van der Waals surface area contributed by atoms with Crippen LogP contribution in [0.1, 0.15) is 46.5 Å². The van der Waals surface area contributed by atoms with Gasteiger partial charge in [-0.1, -0.05) is 13.8 Å². The van der Waals surface area contributed by atoms with E-state index in [1.807, 2.05) is 18.7 Å². The van der Waals surface area contributed by atoms with Gasteiger partial charge < -0.3 is 16.0 Å². The number of likely N-dealkylation sites (tertiary alicyclic amines) is 1. The fourth-order valence-electron chi connectivity index (χ4n) is 2.78. The van der Waals surface area contributed by atoms with Crippen LogP contribution in [0, 0.1) is 5.41 Å². The molecule has 2 amide bonds. The van der Waals surface area contributed by atoms with Gasteiger partial charge in [-0.2, -0.15) is 0 Å². The van der Waals surface area contributed by atoms with Crippen molar-refractivity contribution in [1.29, 1.82) is 0 Å². The number of nitrogens with zero attached hydrogens (tertiary/aromatic N) is 1. The molecule has 0 aromatic rings. The van der Waals surface area contributed by atoms with Crippen LogP contribution >= 0.6 is 0 Å². The zero-order valence-corrected chi connectivity index (χ0v) is 12.4. The molecule has 0 unspecified atom stereocenters. The van der Waals surface area contributed by atoms with Gasteiger partial charge in [0.05, 0.1) is 5.41 Å². The summed E-state index contributed by atoms with van der Waals surface area (Å²) in [5.74, 6) is 0.185. The first kappa shape index (κ1) is 16.0. The second-order valence-electron chi connectivity index (χ2n) is 5.46. The van der Waals surface area contributed by atoms with Gasteiger partial charge in [0.25, 0.3) is 0 Å². The van der Waals surface area contributed by atoms with Crippen LogP contribution < -0.4 is 11.1 Å². The Morgan fingerprint density at radius 3 is 2.16 bits per heavy atom. The lowest BCUT2D eigenvalue weighted by atomic mass is 9.80. The monoisotopic (exact) mass is 269 g/mol. The largest absolute Gasteiger partial charge is 0.353 e. The molecule has 0 aliphatic carbocycles. The molecule has 0 atom stereocenters. The summed E-state index contributed by atoms with van der Waals surface area (Å²) < 4.78 is 0. The fourth-order valence-corrected chi connectivity index (χ4v) is 2.78. The second-order valence-corrected chi connectivity index (χ2v) is 5.46.